The van der Waals surface area contributed by atoms with Gasteiger partial charge in [-0.1, -0.05) is 11.6 Å². The molecular weight excluding hydrogens is 317 g/mol. The molecule has 23 heavy (non-hydrogen) atoms. The molecule has 0 atom stereocenters. The number of fused-ring (bicyclic) bond motifs is 1. The molecule has 0 saturated carbocycles. The molecule has 0 unspecified atom stereocenters. The van der Waals surface area contributed by atoms with Crippen molar-refractivity contribution < 1.29 is 9.13 Å². The van der Waals surface area contributed by atoms with E-state index in [1.807, 2.05) is 0 Å². The molecule has 3 aromatic rings. The van der Waals surface area contributed by atoms with Gasteiger partial charge in [0.05, 0.1) is 23.7 Å². The number of nitriles is 1. The smallest absolute Gasteiger partial charge is 0.149 e. The minimum Gasteiger partial charge on any atom is -0.496 e. The van der Waals surface area contributed by atoms with Crippen LogP contribution in [0.25, 0.3) is 22.7 Å². The molecule has 4 nitrogen and oxygen atoms in total. The average Bonchev–Trinajstić information content (AvgIpc) is 2.95. The number of aromatic amines is 1. The van der Waals surface area contributed by atoms with Crippen LogP contribution in [0.4, 0.5) is 4.39 Å². The molecule has 0 aliphatic carbocycles. The Morgan fingerprint density at radius 2 is 2.17 bits per heavy atom. The van der Waals surface area contributed by atoms with E-state index in [0.717, 1.165) is 0 Å². The second kappa shape index (κ2) is 6.11. The number of ether oxygens (including phenoxy) is 1. The number of hydrogen-bond donors (Lipinski definition) is 1. The van der Waals surface area contributed by atoms with E-state index in [1.165, 1.54) is 19.2 Å². The van der Waals surface area contributed by atoms with Gasteiger partial charge in [-0.25, -0.2) is 9.37 Å². The molecule has 2 aromatic carbocycles. The highest BCUT2D eigenvalue weighted by atomic mass is 35.5. The summed E-state index contributed by atoms with van der Waals surface area (Å²) in [5.41, 5.74) is 2.06. The van der Waals surface area contributed by atoms with Gasteiger partial charge >= 0.3 is 0 Å². The largest absolute Gasteiger partial charge is 0.496 e. The first kappa shape index (κ1) is 15.1. The summed E-state index contributed by atoms with van der Waals surface area (Å²) >= 11 is 6.00. The number of aromatic nitrogens is 2. The molecule has 0 saturated heterocycles. The summed E-state index contributed by atoms with van der Waals surface area (Å²) in [5, 5.41) is 9.96. The standard InChI is InChI=1S/C17H11ClFN3O/c1-23-16-5-2-12(18)7-10(16)6-11(9-20)17-21-14-4-3-13(19)8-15(14)22-17/h2-8H,1H3,(H,21,22)/b11-6-. The Morgan fingerprint density at radius 3 is 2.91 bits per heavy atom. The molecule has 114 valence electrons. The van der Waals surface area contributed by atoms with Gasteiger partial charge in [-0.15, -0.1) is 0 Å². The lowest BCUT2D eigenvalue weighted by atomic mass is 10.1. The highest BCUT2D eigenvalue weighted by molar-refractivity contribution is 6.30. The number of hydrogen-bond acceptors (Lipinski definition) is 3. The molecule has 1 aromatic heterocycles. The van der Waals surface area contributed by atoms with Crippen molar-refractivity contribution in [3.8, 4) is 11.8 Å². The maximum Gasteiger partial charge on any atom is 0.149 e. The van der Waals surface area contributed by atoms with Gasteiger partial charge in [-0.05, 0) is 42.5 Å². The van der Waals surface area contributed by atoms with E-state index in [-0.39, 0.29) is 5.82 Å². The molecule has 0 bridgehead atoms. The van der Waals surface area contributed by atoms with Crippen molar-refractivity contribution in [2.45, 2.75) is 0 Å². The minimum atomic E-state index is -0.369. The number of nitrogens with one attached hydrogen (secondary N) is 1. The number of halogens is 2. The summed E-state index contributed by atoms with van der Waals surface area (Å²) in [6.07, 6.45) is 1.62. The van der Waals surface area contributed by atoms with E-state index >= 15 is 0 Å². The van der Waals surface area contributed by atoms with Gasteiger partial charge in [0.2, 0.25) is 0 Å². The Morgan fingerprint density at radius 1 is 1.35 bits per heavy atom. The van der Waals surface area contributed by atoms with Crippen LogP contribution in [0.2, 0.25) is 5.02 Å². The van der Waals surface area contributed by atoms with Crippen molar-refractivity contribution in [1.82, 2.24) is 9.97 Å². The van der Waals surface area contributed by atoms with E-state index in [1.54, 1.807) is 30.3 Å². The fraction of sp³-hybridized carbons (Fsp3) is 0.0588. The molecule has 1 heterocycles. The van der Waals surface area contributed by atoms with Gasteiger partial charge in [0, 0.05) is 10.6 Å². The minimum absolute atomic E-state index is 0.294. The van der Waals surface area contributed by atoms with Gasteiger partial charge in [0.25, 0.3) is 0 Å². The summed E-state index contributed by atoms with van der Waals surface area (Å²) < 4.78 is 18.5. The average molecular weight is 328 g/mol. The molecule has 0 amide bonds. The second-order valence-electron chi connectivity index (χ2n) is 4.80. The molecule has 6 heteroatoms. The van der Waals surface area contributed by atoms with Crippen LogP contribution in [0.1, 0.15) is 11.4 Å². The third-order valence-corrected chi connectivity index (χ3v) is 3.55. The lowest BCUT2D eigenvalue weighted by Gasteiger charge is -2.05. The fourth-order valence-electron chi connectivity index (χ4n) is 2.24. The van der Waals surface area contributed by atoms with Crippen LogP contribution in [0.15, 0.2) is 36.4 Å². The highest BCUT2D eigenvalue weighted by Crippen LogP contribution is 2.27. The number of imidazole rings is 1. The first-order valence-corrected chi connectivity index (χ1v) is 7.09. The maximum atomic E-state index is 13.3. The topological polar surface area (TPSA) is 61.7 Å². The van der Waals surface area contributed by atoms with E-state index in [0.29, 0.717) is 38.8 Å². The molecule has 0 aliphatic heterocycles. The van der Waals surface area contributed by atoms with Gasteiger partial charge in [0.1, 0.15) is 23.5 Å². The summed E-state index contributed by atoms with van der Waals surface area (Å²) in [4.78, 5) is 7.26. The van der Waals surface area contributed by atoms with Crippen molar-refractivity contribution in [1.29, 1.82) is 5.26 Å². The number of nitrogens with zero attached hydrogens (tertiary/aromatic N) is 2. The van der Waals surface area contributed by atoms with Gasteiger partial charge < -0.3 is 9.72 Å². The molecule has 0 aliphatic rings. The van der Waals surface area contributed by atoms with Gasteiger partial charge in [0.15, 0.2) is 0 Å². The molecule has 0 radical (unpaired) electrons. The van der Waals surface area contributed by atoms with Crippen LogP contribution in [-0.2, 0) is 0 Å². The van der Waals surface area contributed by atoms with E-state index < -0.39 is 0 Å². The summed E-state index contributed by atoms with van der Waals surface area (Å²) in [5.74, 6) is 0.575. The Hall–Kier alpha value is -2.84. The normalized spacial score (nSPS) is 11.5. The number of methoxy groups -OCH3 is 1. The summed E-state index contributed by atoms with van der Waals surface area (Å²) in [7, 11) is 1.54. The number of benzene rings is 2. The first-order valence-electron chi connectivity index (χ1n) is 6.71. The Kier molecular flexibility index (Phi) is 4.00. The van der Waals surface area contributed by atoms with Crippen LogP contribution < -0.4 is 4.74 Å². The lowest BCUT2D eigenvalue weighted by molar-refractivity contribution is 0.414. The van der Waals surface area contributed by atoms with E-state index in [4.69, 9.17) is 16.3 Å². The van der Waals surface area contributed by atoms with Crippen LogP contribution in [0.5, 0.6) is 5.75 Å². The monoisotopic (exact) mass is 327 g/mol. The summed E-state index contributed by atoms with van der Waals surface area (Å²) in [6, 6.07) is 11.4. The maximum absolute atomic E-state index is 13.3. The molecule has 3 rings (SSSR count). The zero-order chi connectivity index (χ0) is 16.4. The number of allylic oxidation sites excluding steroid dienone is 1. The lowest BCUT2D eigenvalue weighted by Crippen LogP contribution is -1.89. The third-order valence-electron chi connectivity index (χ3n) is 3.31. The van der Waals surface area contributed by atoms with Crippen molar-refractivity contribution in [3.05, 3.63) is 58.6 Å². The Bertz CT molecular complexity index is 956. The van der Waals surface area contributed by atoms with Crippen LogP contribution in [-0.4, -0.2) is 17.1 Å². The third kappa shape index (κ3) is 3.03. The zero-order valence-corrected chi connectivity index (χ0v) is 12.9. The Balaban J connectivity index is 2.11. The Labute approximate surface area is 136 Å². The van der Waals surface area contributed by atoms with Crippen molar-refractivity contribution in [2.75, 3.05) is 7.11 Å². The molecular formula is C17H11ClFN3O. The summed E-state index contributed by atoms with van der Waals surface area (Å²) in [6.45, 7) is 0. The van der Waals surface area contributed by atoms with Gasteiger partial charge in [-0.2, -0.15) is 5.26 Å². The fourth-order valence-corrected chi connectivity index (χ4v) is 2.42. The van der Waals surface area contributed by atoms with Crippen LogP contribution in [0, 0.1) is 17.1 Å². The quantitative estimate of drug-likeness (QED) is 0.724. The second-order valence-corrected chi connectivity index (χ2v) is 5.24. The predicted octanol–water partition coefficient (Wildman–Crippen LogP) is 4.43. The van der Waals surface area contributed by atoms with Crippen LogP contribution in [0.3, 0.4) is 0 Å². The van der Waals surface area contributed by atoms with Crippen molar-refractivity contribution in [2.24, 2.45) is 0 Å². The van der Waals surface area contributed by atoms with E-state index in [9.17, 15) is 9.65 Å². The first-order chi connectivity index (χ1) is 11.1. The zero-order valence-electron chi connectivity index (χ0n) is 12.1. The van der Waals surface area contributed by atoms with E-state index in [2.05, 4.69) is 16.0 Å². The molecule has 0 spiro atoms. The number of H-pyrrole nitrogens is 1. The molecule has 0 fully saturated rings. The highest BCUT2D eigenvalue weighted by Gasteiger charge is 2.10. The predicted molar refractivity (Wildman–Crippen MR) is 87.5 cm³/mol. The van der Waals surface area contributed by atoms with Crippen molar-refractivity contribution >= 4 is 34.3 Å². The molecule has 1 N–H and O–H groups in total. The number of rotatable bonds is 3. The van der Waals surface area contributed by atoms with Crippen molar-refractivity contribution in [3.63, 3.8) is 0 Å². The SMILES string of the molecule is COc1ccc(Cl)cc1/C=C(/C#N)c1nc2ccc(F)cc2[nH]1. The van der Waals surface area contributed by atoms with Crippen LogP contribution >= 0.6 is 11.6 Å². The van der Waals surface area contributed by atoms with Gasteiger partial charge in [-0.3, -0.25) is 0 Å².